The number of aryl methyl sites for hydroxylation is 1. The molecule has 0 aliphatic heterocycles. The third kappa shape index (κ3) is 2.29. The Kier molecular flexibility index (Phi) is 3.15. The first-order chi connectivity index (χ1) is 11.1. The third-order valence-electron chi connectivity index (χ3n) is 3.49. The number of nitrogens with zero attached hydrogens (tertiary/aromatic N) is 8. The maximum absolute atomic E-state index is 4.63. The molecule has 0 aliphatic carbocycles. The Hall–Kier alpha value is -2.68. The van der Waals surface area contributed by atoms with Crippen molar-refractivity contribution in [2.75, 3.05) is 0 Å². The van der Waals surface area contributed by atoms with Gasteiger partial charge in [-0.1, -0.05) is 25.2 Å². The average Bonchev–Trinajstić information content (AvgIpc) is 3.21. The van der Waals surface area contributed by atoms with E-state index in [1.807, 2.05) is 11.7 Å². The molecule has 9 heteroatoms. The summed E-state index contributed by atoms with van der Waals surface area (Å²) >= 11 is 1.47. The first-order valence-electron chi connectivity index (χ1n) is 7.16. The van der Waals surface area contributed by atoms with Crippen LogP contribution in [-0.4, -0.2) is 39.6 Å². The molecule has 4 aromatic heterocycles. The van der Waals surface area contributed by atoms with Gasteiger partial charge in [0.2, 0.25) is 10.8 Å². The van der Waals surface area contributed by atoms with Crippen LogP contribution in [0.4, 0.5) is 0 Å². The Balaban J connectivity index is 1.83. The second-order valence-electron chi connectivity index (χ2n) is 5.45. The maximum atomic E-state index is 4.63. The predicted molar refractivity (Wildman–Crippen MR) is 86.0 cm³/mol. The van der Waals surface area contributed by atoms with E-state index in [0.29, 0.717) is 22.4 Å². The van der Waals surface area contributed by atoms with Crippen molar-refractivity contribution in [1.29, 1.82) is 0 Å². The molecule has 0 bridgehead atoms. The van der Waals surface area contributed by atoms with Crippen LogP contribution >= 0.6 is 11.3 Å². The molecule has 0 saturated carbocycles. The molecule has 8 nitrogen and oxygen atoms in total. The molecule has 0 saturated heterocycles. The van der Waals surface area contributed by atoms with E-state index in [2.05, 4.69) is 50.3 Å². The monoisotopic (exact) mass is 326 g/mol. The minimum absolute atomic E-state index is 0.371. The lowest BCUT2D eigenvalue weighted by atomic mass is 10.1. The van der Waals surface area contributed by atoms with Crippen molar-refractivity contribution in [2.45, 2.75) is 19.8 Å². The Morgan fingerprint density at radius 1 is 1.13 bits per heavy atom. The highest BCUT2D eigenvalue weighted by atomic mass is 32.1. The van der Waals surface area contributed by atoms with Crippen molar-refractivity contribution in [3.05, 3.63) is 30.4 Å². The highest BCUT2D eigenvalue weighted by Crippen LogP contribution is 2.28. The van der Waals surface area contributed by atoms with Gasteiger partial charge in [-0.05, 0) is 12.0 Å². The van der Waals surface area contributed by atoms with Crippen LogP contribution in [0.15, 0.2) is 24.7 Å². The van der Waals surface area contributed by atoms with E-state index in [9.17, 15) is 0 Å². The van der Waals surface area contributed by atoms with Crippen molar-refractivity contribution in [3.63, 3.8) is 0 Å². The second-order valence-corrected chi connectivity index (χ2v) is 6.40. The second kappa shape index (κ2) is 5.20. The summed E-state index contributed by atoms with van der Waals surface area (Å²) in [6.07, 6.45) is 4.90. The van der Waals surface area contributed by atoms with Gasteiger partial charge in [0.15, 0.2) is 5.01 Å². The summed E-state index contributed by atoms with van der Waals surface area (Å²) in [5, 5.41) is 18.4. The highest BCUT2D eigenvalue weighted by Gasteiger charge is 2.18. The van der Waals surface area contributed by atoms with E-state index >= 15 is 0 Å². The van der Waals surface area contributed by atoms with E-state index in [1.54, 1.807) is 23.1 Å². The molecule has 4 aromatic rings. The molecule has 4 heterocycles. The van der Waals surface area contributed by atoms with Crippen LogP contribution in [-0.2, 0) is 7.05 Å². The van der Waals surface area contributed by atoms with Crippen LogP contribution < -0.4 is 0 Å². The summed E-state index contributed by atoms with van der Waals surface area (Å²) < 4.78 is 3.55. The normalized spacial score (nSPS) is 11.7. The molecule has 0 aliphatic rings. The van der Waals surface area contributed by atoms with Gasteiger partial charge in [-0.2, -0.15) is 14.7 Å². The molecule has 116 valence electrons. The SMILES string of the molecule is CC(C)c1cc(-c2nn3c(-c4cnccn4)nnc3s2)n(C)n1. The number of hydrogen-bond acceptors (Lipinski definition) is 7. The summed E-state index contributed by atoms with van der Waals surface area (Å²) in [6.45, 7) is 4.24. The number of hydrogen-bond donors (Lipinski definition) is 0. The van der Waals surface area contributed by atoms with Gasteiger partial charge in [0.25, 0.3) is 0 Å². The van der Waals surface area contributed by atoms with Crippen molar-refractivity contribution in [2.24, 2.45) is 7.05 Å². The first kappa shape index (κ1) is 13.9. The molecule has 0 atom stereocenters. The van der Waals surface area contributed by atoms with Crippen LogP contribution in [0.5, 0.6) is 0 Å². The molecule has 0 fully saturated rings. The third-order valence-corrected chi connectivity index (χ3v) is 4.41. The van der Waals surface area contributed by atoms with Crippen LogP contribution in [0.2, 0.25) is 0 Å². The summed E-state index contributed by atoms with van der Waals surface area (Å²) in [4.78, 5) is 9.04. The van der Waals surface area contributed by atoms with E-state index < -0.39 is 0 Å². The predicted octanol–water partition coefficient (Wildman–Crippen LogP) is 2.17. The van der Waals surface area contributed by atoms with E-state index in [-0.39, 0.29) is 0 Å². The summed E-state index contributed by atoms with van der Waals surface area (Å²) in [6, 6.07) is 2.07. The van der Waals surface area contributed by atoms with Crippen molar-refractivity contribution < 1.29 is 0 Å². The van der Waals surface area contributed by atoms with Gasteiger partial charge >= 0.3 is 0 Å². The fourth-order valence-electron chi connectivity index (χ4n) is 2.27. The zero-order valence-corrected chi connectivity index (χ0v) is 13.7. The lowest BCUT2D eigenvalue weighted by molar-refractivity contribution is 0.716. The van der Waals surface area contributed by atoms with Crippen LogP contribution in [0.1, 0.15) is 25.5 Å². The van der Waals surface area contributed by atoms with Crippen LogP contribution in [0.3, 0.4) is 0 Å². The molecule has 0 unspecified atom stereocenters. The smallest absolute Gasteiger partial charge is 0.235 e. The van der Waals surface area contributed by atoms with Crippen molar-refractivity contribution >= 4 is 16.3 Å². The molecule has 0 N–H and O–H groups in total. The van der Waals surface area contributed by atoms with Gasteiger partial charge in [0, 0.05) is 19.4 Å². The quantitative estimate of drug-likeness (QED) is 0.573. The van der Waals surface area contributed by atoms with Crippen molar-refractivity contribution in [1.82, 2.24) is 39.6 Å². The highest BCUT2D eigenvalue weighted by molar-refractivity contribution is 7.19. The number of aromatic nitrogens is 8. The largest absolute Gasteiger partial charge is 0.265 e. The van der Waals surface area contributed by atoms with Gasteiger partial charge in [-0.25, -0.2) is 4.98 Å². The summed E-state index contributed by atoms with van der Waals surface area (Å²) in [7, 11) is 1.92. The van der Waals surface area contributed by atoms with E-state index in [1.165, 1.54) is 11.3 Å². The van der Waals surface area contributed by atoms with Gasteiger partial charge in [0.05, 0.1) is 17.6 Å². The number of rotatable bonds is 3. The molecular formula is C14H14N8S. The molecular weight excluding hydrogens is 312 g/mol. The molecule has 23 heavy (non-hydrogen) atoms. The van der Waals surface area contributed by atoms with Crippen LogP contribution in [0, 0.1) is 0 Å². The Morgan fingerprint density at radius 2 is 2.00 bits per heavy atom. The Labute approximate surface area is 135 Å². The molecule has 0 aromatic carbocycles. The lowest BCUT2D eigenvalue weighted by Crippen LogP contribution is -1.97. The van der Waals surface area contributed by atoms with E-state index in [0.717, 1.165) is 16.4 Å². The van der Waals surface area contributed by atoms with Crippen LogP contribution in [0.25, 0.3) is 27.2 Å². The maximum Gasteiger partial charge on any atom is 0.235 e. The minimum atomic E-state index is 0.371. The van der Waals surface area contributed by atoms with E-state index in [4.69, 9.17) is 0 Å². The number of fused-ring (bicyclic) bond motifs is 1. The summed E-state index contributed by atoms with van der Waals surface area (Å²) in [5.41, 5.74) is 2.65. The average molecular weight is 326 g/mol. The fraction of sp³-hybridized carbons (Fsp3) is 0.286. The molecule has 0 amide bonds. The zero-order chi connectivity index (χ0) is 16.0. The van der Waals surface area contributed by atoms with Gasteiger partial charge in [-0.3, -0.25) is 9.67 Å². The molecule has 0 radical (unpaired) electrons. The minimum Gasteiger partial charge on any atom is -0.265 e. The topological polar surface area (TPSA) is 86.7 Å². The van der Waals surface area contributed by atoms with Crippen molar-refractivity contribution in [3.8, 4) is 22.2 Å². The van der Waals surface area contributed by atoms with Gasteiger partial charge < -0.3 is 0 Å². The molecule has 4 rings (SSSR count). The Bertz CT molecular complexity index is 965. The summed E-state index contributed by atoms with van der Waals surface area (Å²) in [5.74, 6) is 0.956. The standard InChI is InChI=1S/C14H14N8S/c1-8(2)9-6-11(21(3)19-9)13-20-22-12(17-18-14(22)23-13)10-7-15-4-5-16-10/h4-8H,1-3H3. The van der Waals surface area contributed by atoms with Gasteiger partial charge in [-0.15, -0.1) is 10.2 Å². The molecule has 0 spiro atoms. The fourth-order valence-corrected chi connectivity index (χ4v) is 3.15. The first-order valence-corrected chi connectivity index (χ1v) is 7.98. The Morgan fingerprint density at radius 3 is 2.70 bits per heavy atom. The lowest BCUT2D eigenvalue weighted by Gasteiger charge is -1.96. The zero-order valence-electron chi connectivity index (χ0n) is 12.9. The van der Waals surface area contributed by atoms with Gasteiger partial charge in [0.1, 0.15) is 5.69 Å².